The van der Waals surface area contributed by atoms with E-state index in [0.717, 1.165) is 0 Å². The summed E-state index contributed by atoms with van der Waals surface area (Å²) in [5.74, 6) is -1.11. The molecule has 0 saturated heterocycles. The number of aromatic hydroxyl groups is 5. The summed E-state index contributed by atoms with van der Waals surface area (Å²) in [7, 11) is 0. The van der Waals surface area contributed by atoms with Gasteiger partial charge >= 0.3 is 0 Å². The average molecular weight is 531 g/mol. The van der Waals surface area contributed by atoms with E-state index in [-0.39, 0.29) is 46.5 Å². The summed E-state index contributed by atoms with van der Waals surface area (Å²) in [6.07, 6.45) is -3.91. The topological polar surface area (TPSA) is 160 Å². The monoisotopic (exact) mass is 530 g/mol. The summed E-state index contributed by atoms with van der Waals surface area (Å²) in [6, 6.07) is 17.9. The van der Waals surface area contributed by atoms with Crippen LogP contribution in [-0.2, 0) is 6.42 Å². The zero-order valence-corrected chi connectivity index (χ0v) is 20.5. The molecule has 2 aliphatic heterocycles. The van der Waals surface area contributed by atoms with Gasteiger partial charge in [0.1, 0.15) is 41.0 Å². The number of hydrogen-bond donors (Lipinski definition) is 7. The molecule has 0 amide bonds. The molecule has 0 aliphatic carbocycles. The Hall–Kier alpha value is -4.60. The van der Waals surface area contributed by atoms with Crippen molar-refractivity contribution < 1.29 is 45.2 Å². The minimum atomic E-state index is -1.23. The lowest BCUT2D eigenvalue weighted by Crippen LogP contribution is -2.36. The Morgan fingerprint density at radius 3 is 2.05 bits per heavy atom. The molecule has 9 heteroatoms. The van der Waals surface area contributed by atoms with Crippen LogP contribution in [0.15, 0.2) is 72.8 Å². The minimum Gasteiger partial charge on any atom is -0.508 e. The van der Waals surface area contributed by atoms with Crippen molar-refractivity contribution in [3.63, 3.8) is 0 Å². The third kappa shape index (κ3) is 4.21. The van der Waals surface area contributed by atoms with Crippen molar-refractivity contribution in [1.29, 1.82) is 0 Å². The first-order valence-corrected chi connectivity index (χ1v) is 12.4. The zero-order chi connectivity index (χ0) is 27.4. The molecule has 2 heterocycles. The lowest BCUT2D eigenvalue weighted by atomic mass is 9.78. The maximum Gasteiger partial charge on any atom is 0.157 e. The number of benzene rings is 4. The molecule has 0 aromatic heterocycles. The smallest absolute Gasteiger partial charge is 0.157 e. The summed E-state index contributed by atoms with van der Waals surface area (Å²) >= 11 is 0. The van der Waals surface area contributed by atoms with E-state index in [9.17, 15) is 35.7 Å². The van der Waals surface area contributed by atoms with Gasteiger partial charge in [0.05, 0.1) is 6.10 Å². The Labute approximate surface area is 223 Å². The van der Waals surface area contributed by atoms with E-state index in [0.29, 0.717) is 28.0 Å². The van der Waals surface area contributed by atoms with Crippen LogP contribution < -0.4 is 9.47 Å². The molecule has 9 nitrogen and oxygen atoms in total. The molecule has 5 atom stereocenters. The molecule has 0 bridgehead atoms. The van der Waals surface area contributed by atoms with Crippen LogP contribution in [0.4, 0.5) is 0 Å². The molecule has 0 saturated carbocycles. The molecular weight excluding hydrogens is 504 g/mol. The van der Waals surface area contributed by atoms with Gasteiger partial charge in [-0.25, -0.2) is 0 Å². The normalized spacial score (nSPS) is 23.7. The Bertz CT molecular complexity index is 1550. The molecule has 6 rings (SSSR count). The predicted molar refractivity (Wildman–Crippen MR) is 138 cm³/mol. The fraction of sp³-hybridized carbons (Fsp3) is 0.200. The van der Waals surface area contributed by atoms with Crippen LogP contribution in [0, 0.1) is 0 Å². The Morgan fingerprint density at radius 2 is 1.31 bits per heavy atom. The number of aliphatic hydroxyl groups is 2. The number of ether oxygens (including phenoxy) is 2. The lowest BCUT2D eigenvalue weighted by Gasteiger charge is -2.40. The third-order valence-electron chi connectivity index (χ3n) is 7.38. The van der Waals surface area contributed by atoms with Gasteiger partial charge in [-0.15, -0.1) is 0 Å². The van der Waals surface area contributed by atoms with Gasteiger partial charge in [-0.3, -0.25) is 0 Å². The SMILES string of the molecule is Oc1ccc([C@H]2Oc3cc(O)ccc3[C@@H](c3c(O)ccc4c3O[C@H](c3ccc(O)c(O)c3)[C@@H](O)C4)[C@@H]2O)cc1. The van der Waals surface area contributed by atoms with Crippen molar-refractivity contribution in [3.05, 3.63) is 101 Å². The summed E-state index contributed by atoms with van der Waals surface area (Å²) in [4.78, 5) is 0. The lowest BCUT2D eigenvalue weighted by molar-refractivity contribution is 0.00220. The van der Waals surface area contributed by atoms with Crippen molar-refractivity contribution in [2.45, 2.75) is 36.8 Å². The summed E-state index contributed by atoms with van der Waals surface area (Å²) in [5, 5.41) is 73.5. The standard InChI is InChI=1S/C30H26O9/c31-17-5-1-14(2-6-17)30-27(37)25(19-8-7-18(32)13-24(19)38-30)26-21(34)10-4-16-12-23(36)28(39-29(16)26)15-3-9-20(33)22(35)11-15/h1-11,13,23,25,27-28,30-37H,12H2/t23-,25-,27-,28+,30+/m0/s1. The van der Waals surface area contributed by atoms with Crippen LogP contribution in [0.25, 0.3) is 0 Å². The van der Waals surface area contributed by atoms with Gasteiger partial charge < -0.3 is 45.2 Å². The van der Waals surface area contributed by atoms with Crippen molar-refractivity contribution in [1.82, 2.24) is 0 Å². The molecule has 7 N–H and O–H groups in total. The fourth-order valence-corrected chi connectivity index (χ4v) is 5.48. The molecule has 4 aromatic rings. The number of fused-ring (bicyclic) bond motifs is 2. The summed E-state index contributed by atoms with van der Waals surface area (Å²) in [5.41, 5.74) is 2.37. The van der Waals surface area contributed by atoms with Crippen LogP contribution >= 0.6 is 0 Å². The van der Waals surface area contributed by atoms with Crippen LogP contribution in [0.5, 0.6) is 40.2 Å². The van der Waals surface area contributed by atoms with Crippen molar-refractivity contribution >= 4 is 0 Å². The number of rotatable bonds is 3. The molecule has 4 aromatic carbocycles. The summed E-state index contributed by atoms with van der Waals surface area (Å²) in [6.45, 7) is 0. The molecule has 39 heavy (non-hydrogen) atoms. The van der Waals surface area contributed by atoms with Crippen LogP contribution in [0.3, 0.4) is 0 Å². The Morgan fingerprint density at radius 1 is 0.615 bits per heavy atom. The number of hydrogen-bond acceptors (Lipinski definition) is 9. The van der Waals surface area contributed by atoms with E-state index in [2.05, 4.69) is 0 Å². The fourth-order valence-electron chi connectivity index (χ4n) is 5.48. The van der Waals surface area contributed by atoms with Gasteiger partial charge in [0.2, 0.25) is 0 Å². The molecule has 200 valence electrons. The second-order valence-corrected chi connectivity index (χ2v) is 9.87. The Kier molecular flexibility index (Phi) is 5.90. The maximum absolute atomic E-state index is 11.7. The predicted octanol–water partition coefficient (Wildman–Crippen LogP) is 3.88. The second-order valence-electron chi connectivity index (χ2n) is 9.87. The van der Waals surface area contributed by atoms with Crippen molar-refractivity contribution in [2.75, 3.05) is 0 Å². The summed E-state index contributed by atoms with van der Waals surface area (Å²) < 4.78 is 12.4. The van der Waals surface area contributed by atoms with Gasteiger partial charge in [0, 0.05) is 29.5 Å². The molecular formula is C30H26O9. The van der Waals surface area contributed by atoms with Crippen LogP contribution in [0.2, 0.25) is 0 Å². The maximum atomic E-state index is 11.7. The van der Waals surface area contributed by atoms with Gasteiger partial charge in [-0.1, -0.05) is 30.3 Å². The highest BCUT2D eigenvalue weighted by Gasteiger charge is 2.44. The largest absolute Gasteiger partial charge is 0.508 e. The highest BCUT2D eigenvalue weighted by Crippen LogP contribution is 2.53. The van der Waals surface area contributed by atoms with E-state index >= 15 is 0 Å². The number of phenolic OH excluding ortho intramolecular Hbond substituents is 5. The molecule has 0 unspecified atom stereocenters. The van der Waals surface area contributed by atoms with E-state index in [1.54, 1.807) is 24.3 Å². The molecule has 2 aliphatic rings. The van der Waals surface area contributed by atoms with E-state index in [1.165, 1.54) is 48.5 Å². The van der Waals surface area contributed by atoms with E-state index in [4.69, 9.17) is 9.47 Å². The minimum absolute atomic E-state index is 0.0424. The highest BCUT2D eigenvalue weighted by molar-refractivity contribution is 5.60. The second kappa shape index (κ2) is 9.30. The van der Waals surface area contributed by atoms with Crippen molar-refractivity contribution in [2.24, 2.45) is 0 Å². The van der Waals surface area contributed by atoms with Crippen LogP contribution in [-0.4, -0.2) is 48.0 Å². The average Bonchev–Trinajstić information content (AvgIpc) is 2.91. The number of phenols is 5. The first-order valence-electron chi connectivity index (χ1n) is 12.4. The third-order valence-corrected chi connectivity index (χ3v) is 7.38. The zero-order valence-electron chi connectivity index (χ0n) is 20.5. The van der Waals surface area contributed by atoms with Crippen LogP contribution in [0.1, 0.15) is 45.9 Å². The van der Waals surface area contributed by atoms with E-state index in [1.807, 2.05) is 0 Å². The molecule has 0 radical (unpaired) electrons. The van der Waals surface area contributed by atoms with Crippen molar-refractivity contribution in [3.8, 4) is 40.2 Å². The Balaban J connectivity index is 1.50. The number of aliphatic hydroxyl groups excluding tert-OH is 2. The first-order chi connectivity index (χ1) is 18.7. The van der Waals surface area contributed by atoms with Gasteiger partial charge in [-0.05, 0) is 53.1 Å². The highest BCUT2D eigenvalue weighted by atomic mass is 16.5. The van der Waals surface area contributed by atoms with Gasteiger partial charge in [0.25, 0.3) is 0 Å². The molecule has 0 spiro atoms. The van der Waals surface area contributed by atoms with Gasteiger partial charge in [0.15, 0.2) is 17.6 Å². The van der Waals surface area contributed by atoms with Gasteiger partial charge in [-0.2, -0.15) is 0 Å². The molecule has 0 fully saturated rings. The first kappa shape index (κ1) is 24.7. The quantitative estimate of drug-likeness (QED) is 0.195. The van der Waals surface area contributed by atoms with E-state index < -0.39 is 30.3 Å².